The highest BCUT2D eigenvalue weighted by Gasteiger charge is 2.23. The second-order valence-corrected chi connectivity index (χ2v) is 13.1. The van der Waals surface area contributed by atoms with Crippen LogP contribution in [0.25, 0.3) is 0 Å². The van der Waals surface area contributed by atoms with Gasteiger partial charge in [0.2, 0.25) is 0 Å². The zero-order chi connectivity index (χ0) is 30.8. The van der Waals surface area contributed by atoms with Gasteiger partial charge in [0.25, 0.3) is 0 Å². The lowest BCUT2D eigenvalue weighted by Crippen LogP contribution is -2.19. The van der Waals surface area contributed by atoms with Crippen molar-refractivity contribution in [3.8, 4) is 11.5 Å². The summed E-state index contributed by atoms with van der Waals surface area (Å²) in [7, 11) is -8.11. The molecule has 4 aromatic carbocycles. The molecule has 0 aromatic heterocycles. The van der Waals surface area contributed by atoms with Gasteiger partial charge in [-0.3, -0.25) is 0 Å². The highest BCUT2D eigenvalue weighted by Crippen LogP contribution is 2.28. The van der Waals surface area contributed by atoms with Crippen molar-refractivity contribution in [3.05, 3.63) is 106 Å². The van der Waals surface area contributed by atoms with E-state index in [-0.39, 0.29) is 21.3 Å². The fourth-order valence-electron chi connectivity index (χ4n) is 4.94. The zero-order valence-electron chi connectivity index (χ0n) is 24.1. The lowest BCUT2D eigenvalue weighted by molar-refractivity contribution is 0.262. The Morgan fingerprint density at radius 3 is 1.10 bits per heavy atom. The summed E-state index contributed by atoms with van der Waals surface area (Å²) in [5.74, 6) is 0.198. The Labute approximate surface area is 246 Å². The maximum atomic E-state index is 12.9. The predicted molar refractivity (Wildman–Crippen MR) is 162 cm³/mol. The van der Waals surface area contributed by atoms with E-state index >= 15 is 0 Å². The van der Waals surface area contributed by atoms with Crippen molar-refractivity contribution in [2.45, 2.75) is 51.3 Å². The molecule has 0 aliphatic heterocycles. The molecule has 42 heavy (non-hydrogen) atoms. The van der Waals surface area contributed by atoms with Gasteiger partial charge in [-0.25, -0.2) is 4.79 Å². The number of benzene rings is 4. The molecule has 0 radical (unpaired) electrons. The predicted octanol–water partition coefficient (Wildman–Crippen LogP) is 6.72. The number of carbonyl (C=O) groups excluding carboxylic acids is 1. The SMILES string of the molecule is Cc1cc(C)c(S(=O)(=O)Oc2ccc(NC(=O)Nc3ccc(OS(=O)(=O)c4c(C)cc(C)cc4C)cc3)cc2)c(C)c1. The first-order valence-corrected chi connectivity index (χ1v) is 15.8. The van der Waals surface area contributed by atoms with Crippen LogP contribution in [0.15, 0.2) is 82.6 Å². The molecule has 0 saturated heterocycles. The second kappa shape index (κ2) is 11.9. The topological polar surface area (TPSA) is 128 Å². The minimum Gasteiger partial charge on any atom is -0.379 e. The summed E-state index contributed by atoms with van der Waals surface area (Å²) in [5.41, 5.74) is 5.10. The second-order valence-electron chi connectivity index (χ2n) is 10.2. The van der Waals surface area contributed by atoms with Crippen molar-refractivity contribution in [2.75, 3.05) is 10.6 Å². The molecule has 4 rings (SSSR count). The molecule has 0 aliphatic rings. The summed E-state index contributed by atoms with van der Waals surface area (Å²) in [6.45, 7) is 10.7. The van der Waals surface area contributed by atoms with Crippen LogP contribution in [0.2, 0.25) is 0 Å². The molecule has 0 heterocycles. The number of hydrogen-bond donors (Lipinski definition) is 2. The van der Waals surface area contributed by atoms with Crippen molar-refractivity contribution < 1.29 is 30.0 Å². The van der Waals surface area contributed by atoms with Gasteiger partial charge in [-0.1, -0.05) is 35.4 Å². The van der Waals surface area contributed by atoms with Gasteiger partial charge in [-0.05, 0) is 112 Å². The standard InChI is InChI=1S/C31H32N2O7S2/c1-19-15-21(3)29(22(4)16-19)41(35,36)39-27-11-7-25(8-12-27)32-31(34)33-26-9-13-28(14-10-26)40-42(37,38)30-23(5)17-20(2)18-24(30)6/h7-18H,1-6H3,(H2,32,33,34). The third-order valence-electron chi connectivity index (χ3n) is 6.35. The van der Waals surface area contributed by atoms with E-state index in [2.05, 4.69) is 10.6 Å². The summed E-state index contributed by atoms with van der Waals surface area (Å²) in [6, 6.07) is 18.4. The van der Waals surface area contributed by atoms with Gasteiger partial charge in [-0.2, -0.15) is 16.8 Å². The van der Waals surface area contributed by atoms with E-state index in [1.54, 1.807) is 52.0 Å². The first-order valence-electron chi connectivity index (χ1n) is 13.0. The highest BCUT2D eigenvalue weighted by atomic mass is 32.2. The summed E-state index contributed by atoms with van der Waals surface area (Å²) in [4.78, 5) is 12.8. The number of carbonyl (C=O) groups is 1. The Kier molecular flexibility index (Phi) is 8.65. The fraction of sp³-hybridized carbons (Fsp3) is 0.194. The molecule has 0 atom stereocenters. The molecule has 4 aromatic rings. The Morgan fingerprint density at radius 1 is 0.524 bits per heavy atom. The number of urea groups is 1. The van der Waals surface area contributed by atoms with E-state index in [9.17, 15) is 21.6 Å². The third kappa shape index (κ3) is 7.10. The number of aryl methyl sites for hydroxylation is 6. The van der Waals surface area contributed by atoms with E-state index in [0.717, 1.165) is 11.1 Å². The molecule has 0 saturated carbocycles. The lowest BCUT2D eigenvalue weighted by Gasteiger charge is -2.14. The highest BCUT2D eigenvalue weighted by molar-refractivity contribution is 7.87. The quantitative estimate of drug-likeness (QED) is 0.213. The molecule has 11 heteroatoms. The van der Waals surface area contributed by atoms with E-state index in [1.165, 1.54) is 48.5 Å². The van der Waals surface area contributed by atoms with Gasteiger partial charge in [-0.15, -0.1) is 0 Å². The number of hydrogen-bond acceptors (Lipinski definition) is 7. The van der Waals surface area contributed by atoms with Crippen LogP contribution < -0.4 is 19.0 Å². The van der Waals surface area contributed by atoms with E-state index < -0.39 is 26.3 Å². The molecular formula is C31H32N2O7S2. The van der Waals surface area contributed by atoms with Crippen LogP contribution in [0, 0.1) is 41.5 Å². The van der Waals surface area contributed by atoms with Crippen LogP contribution in [0.1, 0.15) is 33.4 Å². The molecule has 9 nitrogen and oxygen atoms in total. The zero-order valence-corrected chi connectivity index (χ0v) is 25.7. The smallest absolute Gasteiger partial charge is 0.339 e. The van der Waals surface area contributed by atoms with Crippen molar-refractivity contribution in [1.82, 2.24) is 0 Å². The molecule has 0 aliphatic carbocycles. The van der Waals surface area contributed by atoms with Gasteiger partial charge in [0.15, 0.2) is 0 Å². The Morgan fingerprint density at radius 2 is 0.810 bits per heavy atom. The summed E-state index contributed by atoms with van der Waals surface area (Å²) in [5, 5.41) is 5.29. The van der Waals surface area contributed by atoms with Gasteiger partial charge in [0, 0.05) is 11.4 Å². The van der Waals surface area contributed by atoms with Crippen molar-refractivity contribution in [2.24, 2.45) is 0 Å². The molecule has 0 fully saturated rings. The van der Waals surface area contributed by atoms with Gasteiger partial charge >= 0.3 is 26.3 Å². The Balaban J connectivity index is 1.37. The number of amides is 2. The monoisotopic (exact) mass is 608 g/mol. The van der Waals surface area contributed by atoms with Crippen LogP contribution in [-0.4, -0.2) is 22.9 Å². The number of anilines is 2. The van der Waals surface area contributed by atoms with Crippen LogP contribution in [0.5, 0.6) is 11.5 Å². The molecule has 0 spiro atoms. The van der Waals surface area contributed by atoms with Gasteiger partial charge < -0.3 is 19.0 Å². The Hall–Kier alpha value is -4.35. The minimum atomic E-state index is -4.05. The van der Waals surface area contributed by atoms with Crippen LogP contribution in [0.4, 0.5) is 16.2 Å². The average molecular weight is 609 g/mol. The van der Waals surface area contributed by atoms with E-state index in [1.807, 2.05) is 13.8 Å². The molecule has 220 valence electrons. The molecule has 0 bridgehead atoms. The van der Waals surface area contributed by atoms with Crippen LogP contribution in [-0.2, 0) is 20.2 Å². The van der Waals surface area contributed by atoms with Crippen molar-refractivity contribution in [1.29, 1.82) is 0 Å². The first kappa shape index (κ1) is 30.6. The van der Waals surface area contributed by atoms with Crippen LogP contribution >= 0.6 is 0 Å². The minimum absolute atomic E-state index is 0.0990. The summed E-state index contributed by atoms with van der Waals surface area (Å²) < 4.78 is 62.2. The van der Waals surface area contributed by atoms with E-state index in [0.29, 0.717) is 33.6 Å². The van der Waals surface area contributed by atoms with Crippen molar-refractivity contribution in [3.63, 3.8) is 0 Å². The largest absolute Gasteiger partial charge is 0.379 e. The van der Waals surface area contributed by atoms with Gasteiger partial charge in [0.05, 0.1) is 0 Å². The normalized spacial score (nSPS) is 11.6. The Bertz CT molecular complexity index is 1680. The molecule has 0 unspecified atom stereocenters. The van der Waals surface area contributed by atoms with E-state index in [4.69, 9.17) is 8.37 Å². The summed E-state index contributed by atoms with van der Waals surface area (Å²) in [6.07, 6.45) is 0. The third-order valence-corrected chi connectivity index (χ3v) is 9.46. The fourth-order valence-corrected chi connectivity index (χ4v) is 7.65. The molecule has 2 amide bonds. The van der Waals surface area contributed by atoms with Crippen molar-refractivity contribution >= 4 is 37.6 Å². The average Bonchev–Trinajstić information content (AvgIpc) is 2.84. The lowest BCUT2D eigenvalue weighted by atomic mass is 10.1. The summed E-state index contributed by atoms with van der Waals surface area (Å²) >= 11 is 0. The maximum absolute atomic E-state index is 12.9. The van der Waals surface area contributed by atoms with Gasteiger partial charge in [0.1, 0.15) is 21.3 Å². The van der Waals surface area contributed by atoms with Crippen LogP contribution in [0.3, 0.4) is 0 Å². The number of rotatable bonds is 8. The number of nitrogens with one attached hydrogen (secondary N) is 2. The molecular weight excluding hydrogens is 576 g/mol. The maximum Gasteiger partial charge on any atom is 0.339 e. The molecule has 2 N–H and O–H groups in total. The first-order chi connectivity index (χ1) is 19.6.